The molecule has 0 bridgehead atoms. The zero-order chi connectivity index (χ0) is 34.6. The van der Waals surface area contributed by atoms with Gasteiger partial charge in [-0.05, 0) is 46.5 Å². The molecule has 4 aromatic rings. The molecule has 8 nitrogen and oxygen atoms in total. The molecule has 1 aliphatic heterocycles. The number of fused-ring (bicyclic) bond motifs is 1. The third-order valence-electron chi connectivity index (χ3n) is 7.80. The number of alkyl halides is 3. The van der Waals surface area contributed by atoms with E-state index in [4.69, 9.17) is 23.7 Å². The molecule has 258 valence electrons. The van der Waals surface area contributed by atoms with E-state index in [0.29, 0.717) is 29.2 Å². The number of hydrogen-bond acceptors (Lipinski definition) is 7. The normalized spacial score (nSPS) is 16.6. The minimum atomic E-state index is -4.72. The van der Waals surface area contributed by atoms with Crippen molar-refractivity contribution in [1.29, 1.82) is 0 Å². The minimum absolute atomic E-state index is 0.0124. The van der Waals surface area contributed by atoms with Crippen LogP contribution in [-0.2, 0) is 40.6 Å². The Morgan fingerprint density at radius 3 is 2.08 bits per heavy atom. The molecule has 1 aliphatic rings. The quantitative estimate of drug-likeness (QED) is 0.145. The lowest BCUT2D eigenvalue weighted by Gasteiger charge is -2.33. The maximum atomic E-state index is 13.3. The van der Waals surface area contributed by atoms with Crippen LogP contribution in [0.1, 0.15) is 33.7 Å². The molecule has 0 radical (unpaired) electrons. The number of ether oxygens (including phenoxy) is 5. The molecular formula is C38H38F3NO7. The molecule has 1 heterocycles. The zero-order valence-corrected chi connectivity index (χ0v) is 27.0. The largest absolute Gasteiger partial charge is 0.497 e. The third-order valence-corrected chi connectivity index (χ3v) is 7.80. The summed E-state index contributed by atoms with van der Waals surface area (Å²) < 4.78 is 67.8. The van der Waals surface area contributed by atoms with Crippen LogP contribution in [0.2, 0.25) is 0 Å². The van der Waals surface area contributed by atoms with Crippen molar-refractivity contribution in [3.63, 3.8) is 0 Å². The fourth-order valence-corrected chi connectivity index (χ4v) is 5.37. The summed E-state index contributed by atoms with van der Waals surface area (Å²) in [6, 6.07) is 29.7. The van der Waals surface area contributed by atoms with Gasteiger partial charge in [0.15, 0.2) is 6.61 Å². The first-order chi connectivity index (χ1) is 23.7. The van der Waals surface area contributed by atoms with Crippen LogP contribution in [0, 0.1) is 0 Å². The number of aliphatic hydroxyl groups excluding tert-OH is 1. The Balaban J connectivity index is 1.52. The lowest BCUT2D eigenvalue weighted by molar-refractivity contribution is -0.159. The van der Waals surface area contributed by atoms with E-state index in [0.717, 1.165) is 21.6 Å². The first-order valence-corrected chi connectivity index (χ1v) is 15.7. The van der Waals surface area contributed by atoms with Crippen LogP contribution in [0.4, 0.5) is 23.7 Å². The summed E-state index contributed by atoms with van der Waals surface area (Å²) in [5.74, 6) is 0.230. The molecule has 0 saturated heterocycles. The molecule has 0 aliphatic carbocycles. The fraction of sp³-hybridized carbons (Fsp3) is 0.289. The van der Waals surface area contributed by atoms with Crippen molar-refractivity contribution in [2.24, 2.45) is 0 Å². The maximum absolute atomic E-state index is 13.3. The summed E-state index contributed by atoms with van der Waals surface area (Å²) in [4.78, 5) is 14.4. The van der Waals surface area contributed by atoms with Gasteiger partial charge in [-0.15, -0.1) is 0 Å². The van der Waals surface area contributed by atoms with E-state index < -0.39 is 30.9 Å². The van der Waals surface area contributed by atoms with Crippen LogP contribution in [0.3, 0.4) is 0 Å². The highest BCUT2D eigenvalue weighted by Gasteiger charge is 2.35. The van der Waals surface area contributed by atoms with Gasteiger partial charge < -0.3 is 28.8 Å². The van der Waals surface area contributed by atoms with E-state index >= 15 is 0 Å². The van der Waals surface area contributed by atoms with Gasteiger partial charge in [0, 0.05) is 18.0 Å². The van der Waals surface area contributed by atoms with Crippen molar-refractivity contribution in [2.45, 2.75) is 44.6 Å². The van der Waals surface area contributed by atoms with Gasteiger partial charge in [0.05, 0.1) is 45.3 Å². The molecule has 0 saturated carbocycles. The molecule has 0 fully saturated rings. The van der Waals surface area contributed by atoms with Gasteiger partial charge in [-0.1, -0.05) is 84.9 Å². The van der Waals surface area contributed by atoms with Crippen LogP contribution in [-0.4, -0.2) is 50.3 Å². The molecule has 11 heteroatoms. The second-order valence-corrected chi connectivity index (χ2v) is 11.4. The van der Waals surface area contributed by atoms with Gasteiger partial charge in [-0.2, -0.15) is 13.2 Å². The van der Waals surface area contributed by atoms with Crippen LogP contribution in [0.25, 0.3) is 0 Å². The van der Waals surface area contributed by atoms with Crippen molar-refractivity contribution in [1.82, 2.24) is 0 Å². The fourth-order valence-electron chi connectivity index (χ4n) is 5.37. The molecule has 0 unspecified atom stereocenters. The van der Waals surface area contributed by atoms with Gasteiger partial charge in [0.1, 0.15) is 18.1 Å². The second-order valence-electron chi connectivity index (χ2n) is 11.4. The zero-order valence-electron chi connectivity index (χ0n) is 27.0. The van der Waals surface area contributed by atoms with Crippen molar-refractivity contribution in [3.05, 3.63) is 137 Å². The maximum Gasteiger partial charge on any atom is 0.422 e. The summed E-state index contributed by atoms with van der Waals surface area (Å²) in [5.41, 5.74) is 3.89. The highest BCUT2D eigenvalue weighted by molar-refractivity contribution is 5.90. The van der Waals surface area contributed by atoms with E-state index in [9.17, 15) is 23.1 Å². The highest BCUT2D eigenvalue weighted by Crippen LogP contribution is 2.42. The van der Waals surface area contributed by atoms with Gasteiger partial charge in [0.25, 0.3) is 0 Å². The summed E-state index contributed by atoms with van der Waals surface area (Å²) in [6.07, 6.45) is -3.99. The molecule has 0 spiro atoms. The Morgan fingerprint density at radius 1 is 0.816 bits per heavy atom. The Labute approximate surface area is 283 Å². The molecule has 1 amide bonds. The monoisotopic (exact) mass is 677 g/mol. The topological polar surface area (TPSA) is 86.7 Å². The molecule has 49 heavy (non-hydrogen) atoms. The average Bonchev–Trinajstić information content (AvgIpc) is 3.10. The van der Waals surface area contributed by atoms with E-state index in [1.165, 1.54) is 12.2 Å². The van der Waals surface area contributed by atoms with E-state index in [1.807, 2.05) is 84.9 Å². The Hall–Kier alpha value is -4.84. The number of halogens is 3. The number of amides is 1. The van der Waals surface area contributed by atoms with Gasteiger partial charge in [0.2, 0.25) is 0 Å². The highest BCUT2D eigenvalue weighted by atomic mass is 19.4. The average molecular weight is 678 g/mol. The Kier molecular flexibility index (Phi) is 12.3. The van der Waals surface area contributed by atoms with Crippen molar-refractivity contribution >= 4 is 11.8 Å². The van der Waals surface area contributed by atoms with Crippen molar-refractivity contribution in [3.8, 4) is 11.5 Å². The molecule has 2 atom stereocenters. The summed E-state index contributed by atoms with van der Waals surface area (Å²) in [5, 5.41) is 11.4. The summed E-state index contributed by atoms with van der Waals surface area (Å²) in [6.45, 7) is -1.17. The molecule has 4 aromatic carbocycles. The van der Waals surface area contributed by atoms with E-state index in [2.05, 4.69) is 0 Å². The minimum Gasteiger partial charge on any atom is -0.497 e. The predicted octanol–water partition coefficient (Wildman–Crippen LogP) is 7.73. The lowest BCUT2D eigenvalue weighted by Crippen LogP contribution is -2.37. The standard InChI is InChI=1S/C38H38F3NO7/c1-45-31-16-14-29(15-17-31)22-47-25-32-34(43)13-8-18-42(37(44)49-26-38(39,40)41)33-19-30(23-46-21-27-9-4-2-5-10-27)20-35(36(32)33)48-24-28-11-6-3-7-12-28/h2-17,19-20,32,34,43H,18,21-26H2,1H3/b13-8-/t32-,34+/m1/s1. The van der Waals surface area contributed by atoms with E-state index in [1.54, 1.807) is 19.2 Å². The van der Waals surface area contributed by atoms with Crippen molar-refractivity contribution in [2.75, 3.05) is 31.8 Å². The third kappa shape index (κ3) is 10.3. The van der Waals surface area contributed by atoms with Crippen LogP contribution in [0.15, 0.2) is 109 Å². The number of carbonyl (C=O) groups is 1. The summed E-state index contributed by atoms with van der Waals surface area (Å²) in [7, 11) is 1.58. The van der Waals surface area contributed by atoms with Crippen LogP contribution < -0.4 is 14.4 Å². The molecule has 5 rings (SSSR count). The van der Waals surface area contributed by atoms with Crippen LogP contribution in [0.5, 0.6) is 11.5 Å². The lowest BCUT2D eigenvalue weighted by atomic mass is 9.88. The smallest absolute Gasteiger partial charge is 0.422 e. The second kappa shape index (κ2) is 17.0. The Morgan fingerprint density at radius 2 is 1.43 bits per heavy atom. The molecular weight excluding hydrogens is 639 g/mol. The first-order valence-electron chi connectivity index (χ1n) is 15.7. The molecule has 0 aromatic heterocycles. The number of benzene rings is 4. The summed E-state index contributed by atoms with van der Waals surface area (Å²) >= 11 is 0. The number of hydrogen-bond donors (Lipinski definition) is 1. The van der Waals surface area contributed by atoms with Gasteiger partial charge >= 0.3 is 12.3 Å². The number of methoxy groups -OCH3 is 1. The first kappa shape index (κ1) is 35.5. The van der Waals surface area contributed by atoms with Crippen LogP contribution >= 0.6 is 0 Å². The number of rotatable bonds is 13. The number of nitrogens with zero attached hydrogens (tertiary/aromatic N) is 1. The van der Waals surface area contributed by atoms with Gasteiger partial charge in [-0.3, -0.25) is 4.90 Å². The number of carbonyl (C=O) groups excluding carboxylic acids is 1. The predicted molar refractivity (Wildman–Crippen MR) is 177 cm³/mol. The Bertz CT molecular complexity index is 1660. The van der Waals surface area contributed by atoms with E-state index in [-0.39, 0.29) is 38.7 Å². The number of anilines is 1. The van der Waals surface area contributed by atoms with Crippen molar-refractivity contribution < 1.29 is 46.8 Å². The van der Waals surface area contributed by atoms with Gasteiger partial charge in [-0.25, -0.2) is 4.79 Å². The molecule has 1 N–H and O–H groups in total. The number of aliphatic hydroxyl groups is 1. The SMILES string of the molecule is COc1ccc(COC[C@H]2c3c(OCc4ccccc4)cc(COCc4ccccc4)cc3N(C(=O)OCC(F)(F)F)C/C=C\[C@@H]2O)cc1.